The number of amides is 1. The van der Waals surface area contributed by atoms with Gasteiger partial charge in [0.05, 0.1) is 30.6 Å². The van der Waals surface area contributed by atoms with E-state index in [4.69, 9.17) is 4.74 Å². The molecule has 3 rings (SSSR count). The second-order valence-corrected chi connectivity index (χ2v) is 6.34. The van der Waals surface area contributed by atoms with Gasteiger partial charge < -0.3 is 9.64 Å². The van der Waals surface area contributed by atoms with Crippen molar-refractivity contribution in [2.24, 2.45) is 13.0 Å². The molecular formula is C16H23N5O2. The number of aryl methyl sites for hydroxylation is 1. The van der Waals surface area contributed by atoms with Crippen LogP contribution in [-0.2, 0) is 18.2 Å². The van der Waals surface area contributed by atoms with Crippen LogP contribution in [0.15, 0.2) is 18.3 Å². The summed E-state index contributed by atoms with van der Waals surface area (Å²) in [6, 6.07) is 3.65. The van der Waals surface area contributed by atoms with E-state index in [-0.39, 0.29) is 11.9 Å². The number of nitrogens with zero attached hydrogens (tertiary/aromatic N) is 4. The summed E-state index contributed by atoms with van der Waals surface area (Å²) >= 11 is 0. The minimum Gasteiger partial charge on any atom is -0.377 e. The second-order valence-electron chi connectivity index (χ2n) is 6.34. The van der Waals surface area contributed by atoms with Crippen LogP contribution in [0.1, 0.15) is 41.8 Å². The second kappa shape index (κ2) is 6.54. The van der Waals surface area contributed by atoms with Crippen LogP contribution < -0.4 is 0 Å². The zero-order valence-corrected chi connectivity index (χ0v) is 13.8. The van der Waals surface area contributed by atoms with E-state index in [9.17, 15) is 4.79 Å². The van der Waals surface area contributed by atoms with Crippen molar-refractivity contribution in [3.8, 4) is 0 Å². The number of carbonyl (C=O) groups excluding carboxylic acids is 1. The topological polar surface area (TPSA) is 76.0 Å². The van der Waals surface area contributed by atoms with Crippen molar-refractivity contribution < 1.29 is 9.53 Å². The molecular weight excluding hydrogens is 294 g/mol. The molecule has 1 unspecified atom stereocenters. The molecule has 1 N–H and O–H groups in total. The molecule has 1 saturated heterocycles. The molecule has 7 heteroatoms. The highest BCUT2D eigenvalue weighted by Crippen LogP contribution is 2.24. The first-order valence-electron chi connectivity index (χ1n) is 7.97. The average Bonchev–Trinajstić information content (AvgIpc) is 3.16. The molecule has 0 bridgehead atoms. The smallest absolute Gasteiger partial charge is 0.272 e. The van der Waals surface area contributed by atoms with Gasteiger partial charge in [0, 0.05) is 19.8 Å². The number of carbonyl (C=O) groups is 1. The predicted molar refractivity (Wildman–Crippen MR) is 84.9 cm³/mol. The van der Waals surface area contributed by atoms with E-state index in [1.54, 1.807) is 10.9 Å². The third kappa shape index (κ3) is 3.29. The maximum atomic E-state index is 13.0. The number of ether oxygens (including phenoxy) is 1. The molecule has 1 aliphatic heterocycles. The zero-order chi connectivity index (χ0) is 16.4. The first-order chi connectivity index (χ1) is 11.1. The van der Waals surface area contributed by atoms with Crippen molar-refractivity contribution in [1.82, 2.24) is 24.9 Å². The van der Waals surface area contributed by atoms with Gasteiger partial charge >= 0.3 is 0 Å². The molecule has 0 aromatic carbocycles. The van der Waals surface area contributed by atoms with Gasteiger partial charge in [-0.1, -0.05) is 13.8 Å². The number of morpholine rings is 1. The van der Waals surface area contributed by atoms with E-state index in [2.05, 4.69) is 29.1 Å². The number of H-pyrrole nitrogens is 1. The Bertz CT molecular complexity index is 662. The predicted octanol–water partition coefficient (Wildman–Crippen LogP) is 1.56. The maximum Gasteiger partial charge on any atom is 0.272 e. The van der Waals surface area contributed by atoms with Crippen LogP contribution in [0.25, 0.3) is 0 Å². The maximum absolute atomic E-state index is 13.0. The lowest BCUT2D eigenvalue weighted by Gasteiger charge is -2.34. The summed E-state index contributed by atoms with van der Waals surface area (Å²) in [5.74, 6) is 0.492. The fourth-order valence-corrected chi connectivity index (χ4v) is 2.95. The minimum absolute atomic E-state index is 0.0158. The van der Waals surface area contributed by atoms with Gasteiger partial charge in [0.2, 0.25) is 0 Å². The summed E-state index contributed by atoms with van der Waals surface area (Å²) < 4.78 is 7.23. The van der Waals surface area contributed by atoms with Gasteiger partial charge in [-0.3, -0.25) is 14.6 Å². The van der Waals surface area contributed by atoms with Crippen LogP contribution in [0.4, 0.5) is 0 Å². The van der Waals surface area contributed by atoms with E-state index in [0.29, 0.717) is 31.4 Å². The molecule has 7 nitrogen and oxygen atoms in total. The first kappa shape index (κ1) is 15.7. The molecule has 0 spiro atoms. The fourth-order valence-electron chi connectivity index (χ4n) is 2.95. The Morgan fingerprint density at radius 3 is 3.04 bits per heavy atom. The summed E-state index contributed by atoms with van der Waals surface area (Å²) in [5.41, 5.74) is 2.46. The van der Waals surface area contributed by atoms with Crippen molar-refractivity contribution >= 4 is 5.91 Å². The van der Waals surface area contributed by atoms with E-state index < -0.39 is 0 Å². The highest BCUT2D eigenvalue weighted by molar-refractivity contribution is 5.93. The van der Waals surface area contributed by atoms with E-state index in [1.807, 2.05) is 24.1 Å². The summed E-state index contributed by atoms with van der Waals surface area (Å²) in [6.45, 7) is 5.88. The van der Waals surface area contributed by atoms with Gasteiger partial charge in [-0.05, 0) is 24.5 Å². The number of hydrogen-bond acceptors (Lipinski definition) is 4. The summed E-state index contributed by atoms with van der Waals surface area (Å²) in [4.78, 5) is 14.8. The van der Waals surface area contributed by atoms with Crippen LogP contribution in [0.2, 0.25) is 0 Å². The van der Waals surface area contributed by atoms with Crippen molar-refractivity contribution in [2.45, 2.75) is 26.3 Å². The molecule has 124 valence electrons. The lowest BCUT2D eigenvalue weighted by Crippen LogP contribution is -2.44. The van der Waals surface area contributed by atoms with E-state index in [1.165, 1.54) is 0 Å². The van der Waals surface area contributed by atoms with Gasteiger partial charge in [-0.2, -0.15) is 10.2 Å². The van der Waals surface area contributed by atoms with Crippen LogP contribution in [0.5, 0.6) is 0 Å². The van der Waals surface area contributed by atoms with Crippen LogP contribution in [0.3, 0.4) is 0 Å². The number of nitrogens with one attached hydrogen (secondary N) is 1. The lowest BCUT2D eigenvalue weighted by atomic mass is 10.1. The molecule has 0 radical (unpaired) electrons. The normalized spacial score (nSPS) is 18.6. The van der Waals surface area contributed by atoms with Crippen molar-refractivity contribution in [1.29, 1.82) is 0 Å². The van der Waals surface area contributed by atoms with E-state index >= 15 is 0 Å². The molecule has 0 aliphatic carbocycles. The van der Waals surface area contributed by atoms with Crippen LogP contribution in [0, 0.1) is 5.92 Å². The van der Waals surface area contributed by atoms with Crippen LogP contribution >= 0.6 is 0 Å². The highest BCUT2D eigenvalue weighted by atomic mass is 16.5. The first-order valence-corrected chi connectivity index (χ1v) is 7.97. The summed E-state index contributed by atoms with van der Waals surface area (Å²) in [7, 11) is 1.82. The monoisotopic (exact) mass is 317 g/mol. The van der Waals surface area contributed by atoms with Gasteiger partial charge in [0.1, 0.15) is 5.69 Å². The van der Waals surface area contributed by atoms with E-state index in [0.717, 1.165) is 17.8 Å². The Hall–Kier alpha value is -2.15. The molecule has 1 amide bonds. The Balaban J connectivity index is 1.84. The van der Waals surface area contributed by atoms with Gasteiger partial charge in [-0.15, -0.1) is 0 Å². The fraction of sp³-hybridized carbons (Fsp3) is 0.562. The van der Waals surface area contributed by atoms with Gasteiger partial charge in [-0.25, -0.2) is 0 Å². The SMILES string of the molecule is CC(C)Cc1cc(C(=O)N2CCOCC2c2ccn[nH]2)n(C)n1. The molecule has 2 aromatic heterocycles. The van der Waals surface area contributed by atoms with Gasteiger partial charge in [0.15, 0.2) is 0 Å². The molecule has 23 heavy (non-hydrogen) atoms. The molecule has 1 atom stereocenters. The average molecular weight is 317 g/mol. The van der Waals surface area contributed by atoms with Crippen molar-refractivity contribution in [3.05, 3.63) is 35.4 Å². The van der Waals surface area contributed by atoms with Crippen LogP contribution in [-0.4, -0.2) is 50.5 Å². The largest absolute Gasteiger partial charge is 0.377 e. The lowest BCUT2D eigenvalue weighted by molar-refractivity contribution is -0.00447. The number of hydrogen-bond donors (Lipinski definition) is 1. The summed E-state index contributed by atoms with van der Waals surface area (Å²) in [6.07, 6.45) is 2.56. The van der Waals surface area contributed by atoms with Crippen molar-refractivity contribution in [3.63, 3.8) is 0 Å². The minimum atomic E-state index is -0.137. The Morgan fingerprint density at radius 2 is 2.35 bits per heavy atom. The number of aromatic nitrogens is 4. The molecule has 1 aliphatic rings. The molecule has 1 fully saturated rings. The Kier molecular flexibility index (Phi) is 4.47. The number of aromatic amines is 1. The zero-order valence-electron chi connectivity index (χ0n) is 13.8. The molecule has 3 heterocycles. The molecule has 0 saturated carbocycles. The Morgan fingerprint density at radius 1 is 1.52 bits per heavy atom. The third-order valence-corrected chi connectivity index (χ3v) is 4.04. The quantitative estimate of drug-likeness (QED) is 0.928. The van der Waals surface area contributed by atoms with Crippen molar-refractivity contribution in [2.75, 3.05) is 19.8 Å². The molecule has 2 aromatic rings. The number of rotatable bonds is 4. The third-order valence-electron chi connectivity index (χ3n) is 4.04. The Labute approximate surface area is 135 Å². The summed E-state index contributed by atoms with van der Waals surface area (Å²) in [5, 5.41) is 11.4. The standard InChI is InChI=1S/C16H23N5O2/c1-11(2)8-12-9-14(20(3)19-12)16(22)21-6-7-23-10-15(21)13-4-5-17-18-13/h4-5,9,11,15H,6-8,10H2,1-3H3,(H,17,18). The highest BCUT2D eigenvalue weighted by Gasteiger charge is 2.31. The van der Waals surface area contributed by atoms with Gasteiger partial charge in [0.25, 0.3) is 5.91 Å².